The van der Waals surface area contributed by atoms with Gasteiger partial charge in [0.05, 0.1) is 5.92 Å². The summed E-state index contributed by atoms with van der Waals surface area (Å²) in [6.07, 6.45) is 7.61. The van der Waals surface area contributed by atoms with Gasteiger partial charge in [-0.2, -0.15) is 0 Å². The van der Waals surface area contributed by atoms with Crippen molar-refractivity contribution in [3.8, 4) is 0 Å². The zero-order valence-electron chi connectivity index (χ0n) is 10.3. The Labute approximate surface area is 107 Å². The lowest BCUT2D eigenvalue weighted by atomic mass is 9.90. The summed E-state index contributed by atoms with van der Waals surface area (Å²) in [6.45, 7) is 0.912. The summed E-state index contributed by atoms with van der Waals surface area (Å²) in [5, 5.41) is 9.15. The molecule has 2 fully saturated rings. The van der Waals surface area contributed by atoms with E-state index in [4.69, 9.17) is 5.11 Å². The first kappa shape index (κ1) is 11.7. The summed E-state index contributed by atoms with van der Waals surface area (Å²) < 4.78 is 0. The Hall–Kier alpha value is -1.42. The van der Waals surface area contributed by atoms with E-state index in [1.165, 1.54) is 5.56 Å². The number of carbonyl (C=O) groups is 1. The average molecular weight is 246 g/mol. The van der Waals surface area contributed by atoms with Crippen molar-refractivity contribution in [2.24, 2.45) is 5.92 Å². The number of piperidine rings is 1. The lowest BCUT2D eigenvalue weighted by Gasteiger charge is -2.37. The van der Waals surface area contributed by atoms with Crippen molar-refractivity contribution in [1.29, 1.82) is 0 Å². The third-order valence-corrected chi connectivity index (χ3v) is 4.32. The van der Waals surface area contributed by atoms with E-state index < -0.39 is 5.97 Å². The van der Waals surface area contributed by atoms with Gasteiger partial charge in [0.2, 0.25) is 0 Å². The van der Waals surface area contributed by atoms with Crippen LogP contribution in [-0.4, -0.2) is 33.0 Å². The highest BCUT2D eigenvalue weighted by Gasteiger charge is 2.42. The van der Waals surface area contributed by atoms with Crippen molar-refractivity contribution in [2.45, 2.75) is 44.3 Å². The van der Waals surface area contributed by atoms with E-state index >= 15 is 0 Å². The molecule has 2 saturated heterocycles. The molecule has 4 nitrogen and oxygen atoms in total. The number of hydrogen-bond acceptors (Lipinski definition) is 3. The summed E-state index contributed by atoms with van der Waals surface area (Å²) >= 11 is 0. The Morgan fingerprint density at radius 1 is 1.39 bits per heavy atom. The molecule has 3 heterocycles. The molecule has 3 rings (SSSR count). The van der Waals surface area contributed by atoms with Gasteiger partial charge < -0.3 is 5.11 Å². The molecule has 2 aliphatic heterocycles. The highest BCUT2D eigenvalue weighted by molar-refractivity contribution is 5.70. The number of aromatic nitrogens is 1. The number of aliphatic carboxylic acids is 1. The highest BCUT2D eigenvalue weighted by atomic mass is 16.4. The Balaban J connectivity index is 1.71. The molecule has 1 aromatic rings. The highest BCUT2D eigenvalue weighted by Crippen LogP contribution is 2.39. The lowest BCUT2D eigenvalue weighted by molar-refractivity contribution is -0.144. The number of carboxylic acids is 1. The maximum absolute atomic E-state index is 11.1. The third-order valence-electron chi connectivity index (χ3n) is 4.32. The van der Waals surface area contributed by atoms with Crippen LogP contribution in [0.1, 0.15) is 31.2 Å². The molecule has 0 spiro atoms. The number of pyridine rings is 1. The van der Waals surface area contributed by atoms with Crippen molar-refractivity contribution in [2.75, 3.05) is 0 Å². The third kappa shape index (κ3) is 2.12. The molecule has 2 atom stereocenters. The van der Waals surface area contributed by atoms with Crippen LogP contribution >= 0.6 is 0 Å². The number of nitrogens with zero attached hydrogens (tertiary/aromatic N) is 2. The van der Waals surface area contributed by atoms with Gasteiger partial charge in [-0.05, 0) is 37.3 Å². The van der Waals surface area contributed by atoms with Crippen molar-refractivity contribution < 1.29 is 9.90 Å². The first-order valence-corrected chi connectivity index (χ1v) is 6.61. The molecular formula is C14H18N2O2. The smallest absolute Gasteiger partial charge is 0.306 e. The van der Waals surface area contributed by atoms with Crippen molar-refractivity contribution in [3.05, 3.63) is 30.1 Å². The summed E-state index contributed by atoms with van der Waals surface area (Å²) in [6, 6.07) is 4.95. The number of rotatable bonds is 3. The summed E-state index contributed by atoms with van der Waals surface area (Å²) in [4.78, 5) is 17.7. The molecule has 2 bridgehead atoms. The second-order valence-corrected chi connectivity index (χ2v) is 5.43. The zero-order chi connectivity index (χ0) is 12.5. The van der Waals surface area contributed by atoms with Crippen molar-refractivity contribution in [1.82, 2.24) is 9.88 Å². The van der Waals surface area contributed by atoms with Crippen LogP contribution in [0.2, 0.25) is 0 Å². The Morgan fingerprint density at radius 2 is 2.11 bits per heavy atom. The van der Waals surface area contributed by atoms with Crippen molar-refractivity contribution in [3.63, 3.8) is 0 Å². The minimum absolute atomic E-state index is 0.132. The Kier molecular flexibility index (Phi) is 3.04. The van der Waals surface area contributed by atoms with Gasteiger partial charge in [0.25, 0.3) is 0 Å². The fourth-order valence-corrected chi connectivity index (χ4v) is 3.44. The van der Waals surface area contributed by atoms with Crippen LogP contribution in [0.15, 0.2) is 24.5 Å². The van der Waals surface area contributed by atoms with E-state index in [9.17, 15) is 4.79 Å². The van der Waals surface area contributed by atoms with Gasteiger partial charge in [-0.15, -0.1) is 0 Å². The topological polar surface area (TPSA) is 53.4 Å². The van der Waals surface area contributed by atoms with E-state index in [1.54, 1.807) is 6.20 Å². The van der Waals surface area contributed by atoms with E-state index in [0.29, 0.717) is 12.1 Å². The number of fused-ring (bicyclic) bond motifs is 2. The van der Waals surface area contributed by atoms with Gasteiger partial charge in [0, 0.05) is 31.0 Å². The monoisotopic (exact) mass is 246 g/mol. The minimum Gasteiger partial charge on any atom is -0.481 e. The lowest BCUT2D eigenvalue weighted by Crippen LogP contribution is -2.44. The molecule has 0 amide bonds. The van der Waals surface area contributed by atoms with Crippen LogP contribution in [0, 0.1) is 5.92 Å². The molecular weight excluding hydrogens is 228 g/mol. The second-order valence-electron chi connectivity index (χ2n) is 5.43. The maximum Gasteiger partial charge on any atom is 0.306 e. The second kappa shape index (κ2) is 4.69. The quantitative estimate of drug-likeness (QED) is 0.885. The minimum atomic E-state index is -0.618. The first-order valence-electron chi connectivity index (χ1n) is 6.61. The van der Waals surface area contributed by atoms with Gasteiger partial charge in [0.15, 0.2) is 0 Å². The summed E-state index contributed by atoms with van der Waals surface area (Å²) in [5.74, 6) is -0.749. The number of carboxylic acid groups (broad SMARTS) is 1. The van der Waals surface area contributed by atoms with Crippen molar-refractivity contribution >= 4 is 5.97 Å². The van der Waals surface area contributed by atoms with Gasteiger partial charge in [-0.25, -0.2) is 0 Å². The molecule has 2 aliphatic rings. The molecule has 0 aromatic carbocycles. The van der Waals surface area contributed by atoms with E-state index in [2.05, 4.69) is 16.0 Å². The zero-order valence-corrected chi connectivity index (χ0v) is 10.3. The average Bonchev–Trinajstić information content (AvgIpc) is 2.62. The van der Waals surface area contributed by atoms with E-state index in [1.807, 2.05) is 12.3 Å². The van der Waals surface area contributed by atoms with Gasteiger partial charge >= 0.3 is 5.97 Å². The molecule has 0 saturated carbocycles. The van der Waals surface area contributed by atoms with E-state index in [0.717, 1.165) is 32.2 Å². The van der Waals surface area contributed by atoms with Gasteiger partial charge in [-0.3, -0.25) is 14.7 Å². The molecule has 1 N–H and O–H groups in total. The fraction of sp³-hybridized carbons (Fsp3) is 0.571. The van der Waals surface area contributed by atoms with Crippen LogP contribution in [-0.2, 0) is 11.3 Å². The summed E-state index contributed by atoms with van der Waals surface area (Å²) in [7, 11) is 0. The van der Waals surface area contributed by atoms with Crippen LogP contribution in [0.25, 0.3) is 0 Å². The molecule has 0 aliphatic carbocycles. The molecule has 96 valence electrons. The van der Waals surface area contributed by atoms with Gasteiger partial charge in [0.1, 0.15) is 0 Å². The molecule has 2 unspecified atom stereocenters. The predicted octanol–water partition coefficient (Wildman–Crippen LogP) is 1.91. The largest absolute Gasteiger partial charge is 0.481 e. The Bertz CT molecular complexity index is 421. The van der Waals surface area contributed by atoms with Crippen LogP contribution in [0.4, 0.5) is 0 Å². The summed E-state index contributed by atoms with van der Waals surface area (Å²) in [5.41, 5.74) is 1.23. The number of hydrogen-bond donors (Lipinski definition) is 1. The Morgan fingerprint density at radius 3 is 2.67 bits per heavy atom. The van der Waals surface area contributed by atoms with Crippen LogP contribution in [0.3, 0.4) is 0 Å². The SMILES string of the molecule is O=C(O)C1CC2CCC(C1)N2Cc1cccnc1. The normalized spacial score (nSPS) is 31.4. The standard InChI is InChI=1S/C14H18N2O2/c17-14(18)11-6-12-3-4-13(7-11)16(12)9-10-2-1-5-15-8-10/h1-2,5,8,11-13H,3-4,6-7,9H2,(H,17,18). The predicted molar refractivity (Wildman–Crippen MR) is 66.9 cm³/mol. The maximum atomic E-state index is 11.1. The molecule has 4 heteroatoms. The van der Waals surface area contributed by atoms with E-state index in [-0.39, 0.29) is 5.92 Å². The first-order chi connectivity index (χ1) is 8.74. The van der Waals surface area contributed by atoms with Crippen LogP contribution in [0.5, 0.6) is 0 Å². The molecule has 1 aromatic heterocycles. The van der Waals surface area contributed by atoms with Gasteiger partial charge in [-0.1, -0.05) is 6.07 Å². The fourth-order valence-electron chi connectivity index (χ4n) is 3.44. The van der Waals surface area contributed by atoms with Crippen LogP contribution < -0.4 is 0 Å². The molecule has 18 heavy (non-hydrogen) atoms. The molecule has 0 radical (unpaired) electrons.